The Kier molecular flexibility index (Phi) is 3.90. The number of hydrogen-bond donors (Lipinski definition) is 1. The first-order valence-electron chi connectivity index (χ1n) is 7.85. The van der Waals surface area contributed by atoms with Crippen LogP contribution in [0.3, 0.4) is 0 Å². The summed E-state index contributed by atoms with van der Waals surface area (Å²) in [7, 11) is 0. The Bertz CT molecular complexity index is 619. The number of nitrogen functional groups attached to an aromatic ring is 1. The van der Waals surface area contributed by atoms with Gasteiger partial charge in [-0.05, 0) is 47.7 Å². The molecular formula is C16H23N5. The fourth-order valence-corrected chi connectivity index (χ4v) is 3.37. The lowest BCUT2D eigenvalue weighted by Gasteiger charge is -2.31. The van der Waals surface area contributed by atoms with E-state index in [4.69, 9.17) is 5.73 Å². The van der Waals surface area contributed by atoms with Crippen LogP contribution in [-0.2, 0) is 0 Å². The zero-order chi connectivity index (χ0) is 14.8. The molecule has 5 nitrogen and oxygen atoms in total. The van der Waals surface area contributed by atoms with E-state index in [0.29, 0.717) is 12.0 Å². The first-order chi connectivity index (χ1) is 10.2. The van der Waals surface area contributed by atoms with Crippen LogP contribution in [0.2, 0.25) is 0 Å². The lowest BCUT2D eigenvalue weighted by molar-refractivity contribution is 0.216. The molecule has 1 fully saturated rings. The van der Waals surface area contributed by atoms with Crippen molar-refractivity contribution >= 4 is 5.69 Å². The minimum absolute atomic E-state index is 0.413. The van der Waals surface area contributed by atoms with Crippen LogP contribution in [0.1, 0.15) is 50.6 Å². The van der Waals surface area contributed by atoms with Crippen molar-refractivity contribution in [3.63, 3.8) is 0 Å². The van der Waals surface area contributed by atoms with Gasteiger partial charge in [0.1, 0.15) is 0 Å². The Morgan fingerprint density at radius 3 is 2.86 bits per heavy atom. The standard InChI is InChI=1S/C16H23N5/c1-3-12-6-4-5-7-15(12)21-16(18-19-20-21)13-9-8-11(2)14(17)10-13/h8-10,12,15H,3-7,17H2,1-2H3. The van der Waals surface area contributed by atoms with Crippen LogP contribution in [0.25, 0.3) is 11.4 Å². The normalized spacial score (nSPS) is 22.4. The fourth-order valence-electron chi connectivity index (χ4n) is 3.37. The van der Waals surface area contributed by atoms with E-state index in [1.54, 1.807) is 0 Å². The monoisotopic (exact) mass is 285 g/mol. The van der Waals surface area contributed by atoms with Crippen molar-refractivity contribution in [2.24, 2.45) is 5.92 Å². The van der Waals surface area contributed by atoms with Crippen molar-refractivity contribution in [3.8, 4) is 11.4 Å². The van der Waals surface area contributed by atoms with Gasteiger partial charge in [0.15, 0.2) is 5.82 Å². The highest BCUT2D eigenvalue weighted by Gasteiger charge is 2.28. The van der Waals surface area contributed by atoms with Gasteiger partial charge in [0.05, 0.1) is 6.04 Å². The van der Waals surface area contributed by atoms with Crippen LogP contribution in [0.5, 0.6) is 0 Å². The molecule has 112 valence electrons. The zero-order valence-corrected chi connectivity index (χ0v) is 12.8. The second-order valence-electron chi connectivity index (χ2n) is 6.04. The minimum atomic E-state index is 0.413. The second-order valence-corrected chi connectivity index (χ2v) is 6.04. The molecule has 3 rings (SSSR count). The lowest BCUT2D eigenvalue weighted by atomic mass is 9.83. The van der Waals surface area contributed by atoms with Crippen molar-refractivity contribution < 1.29 is 0 Å². The van der Waals surface area contributed by atoms with E-state index in [-0.39, 0.29) is 0 Å². The van der Waals surface area contributed by atoms with E-state index in [1.165, 1.54) is 25.7 Å². The second kappa shape index (κ2) is 5.84. The van der Waals surface area contributed by atoms with Gasteiger partial charge in [-0.3, -0.25) is 0 Å². The summed E-state index contributed by atoms with van der Waals surface area (Å²) in [4.78, 5) is 0. The van der Waals surface area contributed by atoms with Gasteiger partial charge in [0, 0.05) is 11.3 Å². The quantitative estimate of drug-likeness (QED) is 0.878. The Hall–Kier alpha value is -1.91. The Morgan fingerprint density at radius 2 is 2.10 bits per heavy atom. The molecule has 1 aliphatic rings. The fraction of sp³-hybridized carbons (Fsp3) is 0.562. The summed E-state index contributed by atoms with van der Waals surface area (Å²) in [6, 6.07) is 6.47. The molecule has 1 aromatic heterocycles. The lowest BCUT2D eigenvalue weighted by Crippen LogP contribution is -2.24. The summed E-state index contributed by atoms with van der Waals surface area (Å²) in [5, 5.41) is 12.4. The number of nitrogens with zero attached hydrogens (tertiary/aromatic N) is 4. The highest BCUT2D eigenvalue weighted by molar-refractivity contribution is 5.63. The van der Waals surface area contributed by atoms with Gasteiger partial charge in [0.2, 0.25) is 0 Å². The number of aromatic nitrogens is 4. The predicted molar refractivity (Wildman–Crippen MR) is 83.7 cm³/mol. The van der Waals surface area contributed by atoms with Crippen molar-refractivity contribution in [2.45, 2.75) is 52.0 Å². The average molecular weight is 285 g/mol. The van der Waals surface area contributed by atoms with Crippen molar-refractivity contribution in [1.82, 2.24) is 20.2 Å². The molecule has 0 radical (unpaired) electrons. The summed E-state index contributed by atoms with van der Waals surface area (Å²) in [5.41, 5.74) is 8.91. The molecule has 2 atom stereocenters. The number of aryl methyl sites for hydroxylation is 1. The molecule has 21 heavy (non-hydrogen) atoms. The number of hydrogen-bond acceptors (Lipinski definition) is 4. The third-order valence-corrected chi connectivity index (χ3v) is 4.74. The summed E-state index contributed by atoms with van der Waals surface area (Å²) in [6.07, 6.45) is 6.20. The van der Waals surface area contributed by atoms with Crippen LogP contribution in [0.4, 0.5) is 5.69 Å². The molecule has 2 aromatic rings. The molecular weight excluding hydrogens is 262 g/mol. The van der Waals surface area contributed by atoms with Crippen LogP contribution in [-0.4, -0.2) is 20.2 Å². The zero-order valence-electron chi connectivity index (χ0n) is 12.8. The summed E-state index contributed by atoms with van der Waals surface area (Å²) in [6.45, 7) is 4.27. The minimum Gasteiger partial charge on any atom is -0.398 e. The Labute approximate surface area is 125 Å². The molecule has 1 heterocycles. The first kappa shape index (κ1) is 14.0. The van der Waals surface area contributed by atoms with E-state index < -0.39 is 0 Å². The predicted octanol–water partition coefficient (Wildman–Crippen LogP) is 3.37. The maximum Gasteiger partial charge on any atom is 0.182 e. The topological polar surface area (TPSA) is 69.6 Å². The van der Waals surface area contributed by atoms with Gasteiger partial charge in [-0.25, -0.2) is 4.68 Å². The van der Waals surface area contributed by atoms with E-state index in [1.807, 2.05) is 23.7 Å². The molecule has 5 heteroatoms. The van der Waals surface area contributed by atoms with Gasteiger partial charge in [-0.1, -0.05) is 38.3 Å². The Balaban J connectivity index is 1.98. The summed E-state index contributed by atoms with van der Waals surface area (Å²) >= 11 is 0. The maximum absolute atomic E-state index is 6.03. The van der Waals surface area contributed by atoms with Gasteiger partial charge >= 0.3 is 0 Å². The summed E-state index contributed by atoms with van der Waals surface area (Å²) < 4.78 is 2.03. The molecule has 2 unspecified atom stereocenters. The molecule has 0 bridgehead atoms. The van der Waals surface area contributed by atoms with E-state index in [9.17, 15) is 0 Å². The first-order valence-corrected chi connectivity index (χ1v) is 7.85. The average Bonchev–Trinajstić information content (AvgIpc) is 2.99. The van der Waals surface area contributed by atoms with Crippen molar-refractivity contribution in [2.75, 3.05) is 5.73 Å². The third-order valence-electron chi connectivity index (χ3n) is 4.74. The molecule has 0 saturated heterocycles. The SMILES string of the molecule is CCC1CCCCC1n1nnnc1-c1ccc(C)c(N)c1. The third kappa shape index (κ3) is 2.64. The number of tetrazole rings is 1. The molecule has 1 aromatic carbocycles. The van der Waals surface area contributed by atoms with E-state index in [2.05, 4.69) is 28.5 Å². The van der Waals surface area contributed by atoms with Gasteiger partial charge < -0.3 is 5.73 Å². The number of rotatable bonds is 3. The van der Waals surface area contributed by atoms with E-state index >= 15 is 0 Å². The molecule has 1 aliphatic carbocycles. The van der Waals surface area contributed by atoms with Crippen molar-refractivity contribution in [3.05, 3.63) is 23.8 Å². The van der Waals surface area contributed by atoms with Gasteiger partial charge in [0.25, 0.3) is 0 Å². The molecule has 0 amide bonds. The Morgan fingerprint density at radius 1 is 1.29 bits per heavy atom. The molecule has 0 spiro atoms. The van der Waals surface area contributed by atoms with Crippen molar-refractivity contribution in [1.29, 1.82) is 0 Å². The summed E-state index contributed by atoms with van der Waals surface area (Å²) in [5.74, 6) is 1.51. The largest absolute Gasteiger partial charge is 0.398 e. The smallest absolute Gasteiger partial charge is 0.182 e. The van der Waals surface area contributed by atoms with Crippen LogP contribution in [0, 0.1) is 12.8 Å². The number of anilines is 1. The highest BCUT2D eigenvalue weighted by Crippen LogP contribution is 2.37. The van der Waals surface area contributed by atoms with E-state index in [0.717, 1.165) is 29.1 Å². The van der Waals surface area contributed by atoms with Gasteiger partial charge in [-0.15, -0.1) is 5.10 Å². The van der Waals surface area contributed by atoms with Gasteiger partial charge in [-0.2, -0.15) is 0 Å². The molecule has 0 aliphatic heterocycles. The highest BCUT2D eigenvalue weighted by atomic mass is 15.5. The number of benzene rings is 1. The molecule has 2 N–H and O–H groups in total. The maximum atomic E-state index is 6.03. The molecule has 1 saturated carbocycles. The van der Waals surface area contributed by atoms with Crippen LogP contribution >= 0.6 is 0 Å². The van der Waals surface area contributed by atoms with Crippen LogP contribution in [0.15, 0.2) is 18.2 Å². The number of nitrogens with two attached hydrogens (primary N) is 1. The van der Waals surface area contributed by atoms with Crippen LogP contribution < -0.4 is 5.73 Å².